The summed E-state index contributed by atoms with van der Waals surface area (Å²) in [4.78, 5) is 23.6. The van der Waals surface area contributed by atoms with E-state index in [0.717, 1.165) is 5.56 Å². The highest BCUT2D eigenvalue weighted by molar-refractivity contribution is 7.87. The van der Waals surface area contributed by atoms with Crippen LogP contribution in [-0.4, -0.2) is 33.6 Å². The van der Waals surface area contributed by atoms with Crippen LogP contribution in [0.15, 0.2) is 75.3 Å². The molecule has 10 nitrogen and oxygen atoms in total. The number of rotatable bonds is 8. The summed E-state index contributed by atoms with van der Waals surface area (Å²) >= 11 is 0. The molecule has 0 saturated heterocycles. The Morgan fingerprint density at radius 2 is 1.82 bits per heavy atom. The van der Waals surface area contributed by atoms with E-state index in [2.05, 4.69) is 15.8 Å². The highest BCUT2D eigenvalue weighted by Crippen LogP contribution is 2.30. The van der Waals surface area contributed by atoms with Gasteiger partial charge in [0.25, 0.3) is 0 Å². The van der Waals surface area contributed by atoms with Crippen LogP contribution in [0.3, 0.4) is 0 Å². The van der Waals surface area contributed by atoms with E-state index < -0.39 is 21.9 Å². The molecular formula is C22H21N3O7S. The van der Waals surface area contributed by atoms with Crippen LogP contribution in [0.2, 0.25) is 0 Å². The molecule has 0 aliphatic heterocycles. The summed E-state index contributed by atoms with van der Waals surface area (Å²) in [5.74, 6) is -1.23. The second-order valence-electron chi connectivity index (χ2n) is 6.72. The minimum absolute atomic E-state index is 0.00817. The number of furan rings is 1. The van der Waals surface area contributed by atoms with Gasteiger partial charge in [-0.1, -0.05) is 17.7 Å². The average molecular weight is 471 g/mol. The highest BCUT2D eigenvalue weighted by Gasteiger charge is 2.19. The molecule has 172 valence electrons. The van der Waals surface area contributed by atoms with E-state index in [-0.39, 0.29) is 22.9 Å². The second-order valence-corrected chi connectivity index (χ2v) is 8.27. The van der Waals surface area contributed by atoms with Gasteiger partial charge in [-0.05, 0) is 55.0 Å². The van der Waals surface area contributed by atoms with Crippen LogP contribution in [0.4, 0.5) is 0 Å². The van der Waals surface area contributed by atoms with Gasteiger partial charge in [0.15, 0.2) is 11.5 Å². The van der Waals surface area contributed by atoms with Crippen molar-refractivity contribution in [2.75, 3.05) is 7.11 Å². The molecule has 0 bridgehead atoms. The van der Waals surface area contributed by atoms with Crippen LogP contribution in [0, 0.1) is 6.92 Å². The zero-order valence-corrected chi connectivity index (χ0v) is 18.6. The van der Waals surface area contributed by atoms with Crippen molar-refractivity contribution in [3.63, 3.8) is 0 Å². The van der Waals surface area contributed by atoms with Gasteiger partial charge in [0, 0.05) is 0 Å². The van der Waals surface area contributed by atoms with Gasteiger partial charge in [-0.15, -0.1) is 0 Å². The molecule has 2 N–H and O–H groups in total. The molecule has 0 spiro atoms. The number of carbonyl (C=O) groups excluding carboxylic acids is 2. The molecule has 33 heavy (non-hydrogen) atoms. The summed E-state index contributed by atoms with van der Waals surface area (Å²) in [6, 6.07) is 13.9. The van der Waals surface area contributed by atoms with E-state index in [9.17, 15) is 18.0 Å². The van der Waals surface area contributed by atoms with E-state index in [1.165, 1.54) is 49.9 Å². The van der Waals surface area contributed by atoms with Crippen molar-refractivity contribution in [1.29, 1.82) is 0 Å². The van der Waals surface area contributed by atoms with Gasteiger partial charge < -0.3 is 18.7 Å². The summed E-state index contributed by atoms with van der Waals surface area (Å²) < 4.78 is 40.5. The summed E-state index contributed by atoms with van der Waals surface area (Å²) in [5, 5.41) is 6.11. The number of nitrogens with one attached hydrogen (secondary N) is 2. The molecule has 0 fully saturated rings. The third-order valence-corrected chi connectivity index (χ3v) is 5.53. The summed E-state index contributed by atoms with van der Waals surface area (Å²) in [6.07, 6.45) is 2.72. The van der Waals surface area contributed by atoms with E-state index >= 15 is 0 Å². The number of hydrazone groups is 1. The molecule has 0 unspecified atom stereocenters. The van der Waals surface area contributed by atoms with E-state index in [1.807, 2.05) is 6.92 Å². The molecular weight excluding hydrogens is 450 g/mol. The van der Waals surface area contributed by atoms with E-state index in [4.69, 9.17) is 13.3 Å². The van der Waals surface area contributed by atoms with Crippen molar-refractivity contribution < 1.29 is 31.3 Å². The van der Waals surface area contributed by atoms with Gasteiger partial charge in [0.05, 0.1) is 26.1 Å². The van der Waals surface area contributed by atoms with Gasteiger partial charge in [0.2, 0.25) is 0 Å². The largest absolute Gasteiger partial charge is 0.493 e. The van der Waals surface area contributed by atoms with Crippen molar-refractivity contribution in [2.45, 2.75) is 18.4 Å². The lowest BCUT2D eigenvalue weighted by Crippen LogP contribution is -2.37. The maximum atomic E-state index is 12.5. The minimum atomic E-state index is -4.06. The molecule has 1 heterocycles. The van der Waals surface area contributed by atoms with Gasteiger partial charge in [-0.25, -0.2) is 5.43 Å². The number of hydrogen-bond acceptors (Lipinski definition) is 8. The minimum Gasteiger partial charge on any atom is -0.493 e. The SMILES string of the molecule is COc1cc(/C=N/NC(=O)C(=O)NCc2ccco2)ccc1OS(=O)(=O)c1ccc(C)cc1. The number of carbonyl (C=O) groups is 2. The third kappa shape index (κ3) is 6.43. The normalized spacial score (nSPS) is 11.2. The van der Waals surface area contributed by atoms with Gasteiger partial charge >= 0.3 is 21.9 Å². The Bertz CT molecular complexity index is 1250. The molecule has 0 atom stereocenters. The molecule has 0 aliphatic rings. The van der Waals surface area contributed by atoms with Crippen molar-refractivity contribution >= 4 is 28.1 Å². The number of amides is 2. The number of benzene rings is 2. The molecule has 2 aromatic carbocycles. The first kappa shape index (κ1) is 23.5. The Morgan fingerprint density at radius 1 is 1.06 bits per heavy atom. The molecule has 3 aromatic rings. The Balaban J connectivity index is 1.61. The van der Waals surface area contributed by atoms with Gasteiger partial charge in [-0.2, -0.15) is 13.5 Å². The molecule has 1 aromatic heterocycles. The van der Waals surface area contributed by atoms with Crippen LogP contribution in [0.1, 0.15) is 16.9 Å². The first-order chi connectivity index (χ1) is 15.8. The monoisotopic (exact) mass is 471 g/mol. The molecule has 3 rings (SSSR count). The molecule has 0 aliphatic carbocycles. The highest BCUT2D eigenvalue weighted by atomic mass is 32.2. The lowest BCUT2D eigenvalue weighted by atomic mass is 10.2. The fraction of sp³-hybridized carbons (Fsp3) is 0.136. The Morgan fingerprint density at radius 3 is 2.48 bits per heavy atom. The standard InChI is InChI=1S/C22H21N3O7S/c1-15-5-8-18(9-6-15)33(28,29)32-19-10-7-16(12-20(19)30-2)13-24-25-22(27)21(26)23-14-17-4-3-11-31-17/h3-13H,14H2,1-2H3,(H,23,26)(H,25,27)/b24-13+. The average Bonchev–Trinajstić information content (AvgIpc) is 3.32. The number of nitrogens with zero attached hydrogens (tertiary/aromatic N) is 1. The van der Waals surface area contributed by atoms with Crippen LogP contribution in [0.5, 0.6) is 11.5 Å². The Labute approximate surface area is 190 Å². The van der Waals surface area contributed by atoms with Gasteiger partial charge in [-0.3, -0.25) is 9.59 Å². The van der Waals surface area contributed by atoms with Crippen LogP contribution < -0.4 is 19.7 Å². The summed E-state index contributed by atoms with van der Waals surface area (Å²) in [6.45, 7) is 1.91. The van der Waals surface area contributed by atoms with Crippen molar-refractivity contribution in [2.24, 2.45) is 5.10 Å². The maximum absolute atomic E-state index is 12.5. The predicted molar refractivity (Wildman–Crippen MR) is 118 cm³/mol. The number of methoxy groups -OCH3 is 1. The van der Waals surface area contributed by atoms with Crippen LogP contribution in [-0.2, 0) is 26.3 Å². The number of aryl methyl sites for hydroxylation is 1. The summed E-state index contributed by atoms with van der Waals surface area (Å²) in [7, 11) is -2.70. The van der Waals surface area contributed by atoms with Crippen LogP contribution >= 0.6 is 0 Å². The third-order valence-electron chi connectivity index (χ3n) is 4.29. The van der Waals surface area contributed by atoms with E-state index in [1.54, 1.807) is 24.3 Å². The van der Waals surface area contributed by atoms with E-state index in [0.29, 0.717) is 11.3 Å². The lowest BCUT2D eigenvalue weighted by molar-refractivity contribution is -0.139. The molecule has 11 heteroatoms. The topological polar surface area (TPSA) is 136 Å². The number of hydrogen-bond donors (Lipinski definition) is 2. The lowest BCUT2D eigenvalue weighted by Gasteiger charge is -2.11. The fourth-order valence-electron chi connectivity index (χ4n) is 2.58. The van der Waals surface area contributed by atoms with Crippen LogP contribution in [0.25, 0.3) is 0 Å². The molecule has 2 amide bonds. The molecule has 0 radical (unpaired) electrons. The number of ether oxygens (including phenoxy) is 1. The van der Waals surface area contributed by atoms with Crippen molar-refractivity contribution in [3.05, 3.63) is 77.7 Å². The summed E-state index contributed by atoms with van der Waals surface area (Å²) in [5.41, 5.74) is 3.47. The quantitative estimate of drug-likeness (QED) is 0.222. The fourth-order valence-corrected chi connectivity index (χ4v) is 3.52. The maximum Gasteiger partial charge on any atom is 0.339 e. The zero-order valence-electron chi connectivity index (χ0n) is 17.8. The zero-order chi connectivity index (χ0) is 23.8. The first-order valence-electron chi connectivity index (χ1n) is 9.61. The molecule has 0 saturated carbocycles. The van der Waals surface area contributed by atoms with Crippen molar-refractivity contribution in [3.8, 4) is 11.5 Å². The smallest absolute Gasteiger partial charge is 0.339 e. The van der Waals surface area contributed by atoms with Crippen molar-refractivity contribution in [1.82, 2.24) is 10.7 Å². The Hall–Kier alpha value is -4.12. The predicted octanol–water partition coefficient (Wildman–Crippen LogP) is 2.13. The second kappa shape index (κ2) is 10.5. The Kier molecular flexibility index (Phi) is 7.46. The van der Waals surface area contributed by atoms with Gasteiger partial charge in [0.1, 0.15) is 10.7 Å². The first-order valence-corrected chi connectivity index (χ1v) is 11.0.